The molecule has 1 saturated heterocycles. The Morgan fingerprint density at radius 3 is 2.62 bits per heavy atom. The molecule has 1 aromatic carbocycles. The van der Waals surface area contributed by atoms with Crippen LogP contribution in [-0.4, -0.2) is 68.8 Å². The monoisotopic (exact) mass is 360 g/mol. The lowest BCUT2D eigenvalue weighted by molar-refractivity contribution is -0.135. The van der Waals surface area contributed by atoms with Crippen LogP contribution >= 0.6 is 0 Å². The molecule has 1 aliphatic rings. The van der Waals surface area contributed by atoms with Crippen LogP contribution < -0.4 is 11.1 Å². The number of nitrogens with two attached hydrogens (primary N) is 1. The number of nitrogens with zero attached hydrogens (tertiary/aromatic N) is 4. The van der Waals surface area contributed by atoms with Crippen molar-refractivity contribution in [1.82, 2.24) is 25.2 Å². The van der Waals surface area contributed by atoms with E-state index in [1.807, 2.05) is 4.90 Å². The maximum atomic E-state index is 13.1. The number of hydrogen-bond donors (Lipinski definition) is 4. The first kappa shape index (κ1) is 18.3. The van der Waals surface area contributed by atoms with Gasteiger partial charge in [-0.1, -0.05) is 17.3 Å². The topological polar surface area (TPSA) is 130 Å². The summed E-state index contributed by atoms with van der Waals surface area (Å²) in [5.41, 5.74) is 7.14. The molecule has 0 bridgehead atoms. The number of aliphatic hydroxyl groups excluding tert-OH is 1. The van der Waals surface area contributed by atoms with Crippen molar-refractivity contribution in [1.29, 1.82) is 0 Å². The minimum absolute atomic E-state index is 0.0337. The minimum Gasteiger partial charge on any atom is -0.508 e. The Hall–Kier alpha value is -2.49. The van der Waals surface area contributed by atoms with Crippen molar-refractivity contribution in [3.05, 3.63) is 41.7 Å². The molecule has 2 aromatic rings. The number of aromatic nitrogens is 3. The summed E-state index contributed by atoms with van der Waals surface area (Å²) in [6.07, 6.45) is 2.03. The third kappa shape index (κ3) is 4.18. The van der Waals surface area contributed by atoms with Gasteiger partial charge in [0.25, 0.3) is 0 Å². The molecular formula is C17H24N6O3. The van der Waals surface area contributed by atoms with E-state index in [4.69, 9.17) is 5.73 Å². The van der Waals surface area contributed by atoms with Gasteiger partial charge in [-0.2, -0.15) is 0 Å². The van der Waals surface area contributed by atoms with Crippen LogP contribution in [0.2, 0.25) is 0 Å². The number of nitrogens with one attached hydrogen (secondary N) is 1. The van der Waals surface area contributed by atoms with E-state index in [9.17, 15) is 15.0 Å². The van der Waals surface area contributed by atoms with Gasteiger partial charge in [-0.05, 0) is 17.7 Å². The maximum Gasteiger partial charge on any atom is 0.247 e. The van der Waals surface area contributed by atoms with Crippen molar-refractivity contribution in [2.45, 2.75) is 18.5 Å². The van der Waals surface area contributed by atoms with E-state index >= 15 is 0 Å². The molecule has 0 spiro atoms. The quantitative estimate of drug-likeness (QED) is 0.530. The predicted octanol–water partition coefficient (Wildman–Crippen LogP) is -0.809. The predicted molar refractivity (Wildman–Crippen MR) is 94.3 cm³/mol. The number of phenols is 1. The summed E-state index contributed by atoms with van der Waals surface area (Å²) < 4.78 is 1.52. The van der Waals surface area contributed by atoms with Crippen molar-refractivity contribution in [2.24, 2.45) is 5.73 Å². The molecule has 2 heterocycles. The first-order valence-electron chi connectivity index (χ1n) is 8.64. The first-order valence-corrected chi connectivity index (χ1v) is 8.64. The summed E-state index contributed by atoms with van der Waals surface area (Å²) >= 11 is 0. The van der Waals surface area contributed by atoms with Gasteiger partial charge in [-0.3, -0.25) is 4.79 Å². The fourth-order valence-corrected chi connectivity index (χ4v) is 2.95. The summed E-state index contributed by atoms with van der Waals surface area (Å²) in [5.74, 6) is 0.143. The molecule has 0 radical (unpaired) electrons. The molecule has 26 heavy (non-hydrogen) atoms. The van der Waals surface area contributed by atoms with Gasteiger partial charge in [-0.15, -0.1) is 5.10 Å². The molecule has 9 heteroatoms. The van der Waals surface area contributed by atoms with Crippen molar-refractivity contribution in [3.63, 3.8) is 0 Å². The van der Waals surface area contributed by atoms with E-state index in [0.717, 1.165) is 18.7 Å². The number of carbonyl (C=O) groups is 1. The number of rotatable bonds is 6. The van der Waals surface area contributed by atoms with Gasteiger partial charge in [0.2, 0.25) is 5.91 Å². The van der Waals surface area contributed by atoms with Gasteiger partial charge in [0.05, 0.1) is 18.8 Å². The SMILES string of the molecule is N[C@@H](CO)c1cn([C@@H](Cc2ccc(O)cc2)C(=O)N2CCNCC2)nn1. The third-order valence-corrected chi connectivity index (χ3v) is 4.50. The van der Waals surface area contributed by atoms with Gasteiger partial charge in [-0.25, -0.2) is 4.68 Å². The molecule has 9 nitrogen and oxygen atoms in total. The number of aromatic hydroxyl groups is 1. The molecule has 1 amide bonds. The minimum atomic E-state index is -0.632. The second-order valence-corrected chi connectivity index (χ2v) is 6.37. The second-order valence-electron chi connectivity index (χ2n) is 6.37. The zero-order valence-electron chi connectivity index (χ0n) is 14.5. The van der Waals surface area contributed by atoms with Gasteiger partial charge in [0.1, 0.15) is 17.5 Å². The van der Waals surface area contributed by atoms with E-state index in [0.29, 0.717) is 25.2 Å². The van der Waals surface area contributed by atoms with Crippen molar-refractivity contribution in [2.75, 3.05) is 32.8 Å². The highest BCUT2D eigenvalue weighted by Gasteiger charge is 2.28. The van der Waals surface area contributed by atoms with Crippen LogP contribution in [0.5, 0.6) is 5.75 Å². The highest BCUT2D eigenvalue weighted by atomic mass is 16.3. The Balaban J connectivity index is 1.86. The third-order valence-electron chi connectivity index (χ3n) is 4.50. The van der Waals surface area contributed by atoms with Crippen molar-refractivity contribution in [3.8, 4) is 5.75 Å². The number of piperazine rings is 1. The number of benzene rings is 1. The zero-order chi connectivity index (χ0) is 18.5. The summed E-state index contributed by atoms with van der Waals surface area (Å²) in [7, 11) is 0. The van der Waals surface area contributed by atoms with Crippen LogP contribution in [0.3, 0.4) is 0 Å². The molecule has 2 atom stereocenters. The smallest absolute Gasteiger partial charge is 0.247 e. The number of hydrogen-bond acceptors (Lipinski definition) is 7. The lowest BCUT2D eigenvalue weighted by Crippen LogP contribution is -2.49. The standard InChI is InChI=1S/C17H24N6O3/c18-14(11-24)15-10-23(21-20-15)16(9-12-1-3-13(25)4-2-12)17(26)22-7-5-19-6-8-22/h1-4,10,14,16,19,24-25H,5-9,11,18H2/t14-,16-/m0/s1. The fraction of sp³-hybridized carbons (Fsp3) is 0.471. The molecule has 1 aromatic heterocycles. The molecule has 0 aliphatic carbocycles. The van der Waals surface area contributed by atoms with Crippen LogP contribution in [0.25, 0.3) is 0 Å². The molecule has 5 N–H and O–H groups in total. The second kappa shape index (κ2) is 8.26. The van der Waals surface area contributed by atoms with Crippen molar-refractivity contribution < 1.29 is 15.0 Å². The van der Waals surface area contributed by atoms with E-state index in [-0.39, 0.29) is 18.3 Å². The lowest BCUT2D eigenvalue weighted by atomic mass is 10.0. The van der Waals surface area contributed by atoms with E-state index < -0.39 is 12.1 Å². The van der Waals surface area contributed by atoms with E-state index in [2.05, 4.69) is 15.6 Å². The molecule has 0 unspecified atom stereocenters. The normalized spacial score (nSPS) is 17.1. The first-order chi connectivity index (χ1) is 12.6. The average Bonchev–Trinajstić information content (AvgIpc) is 3.17. The number of phenolic OH excluding ortho intramolecular Hbond substituents is 1. The zero-order valence-corrected chi connectivity index (χ0v) is 14.5. The van der Waals surface area contributed by atoms with Crippen LogP contribution in [0.4, 0.5) is 0 Å². The maximum absolute atomic E-state index is 13.1. The highest BCUT2D eigenvalue weighted by Crippen LogP contribution is 2.20. The largest absolute Gasteiger partial charge is 0.508 e. The Kier molecular flexibility index (Phi) is 5.82. The Morgan fingerprint density at radius 1 is 1.27 bits per heavy atom. The summed E-state index contributed by atoms with van der Waals surface area (Å²) in [5, 5.41) is 30.0. The molecule has 1 fully saturated rings. The Morgan fingerprint density at radius 2 is 1.96 bits per heavy atom. The molecular weight excluding hydrogens is 336 g/mol. The molecule has 3 rings (SSSR count). The van der Waals surface area contributed by atoms with E-state index in [1.54, 1.807) is 30.5 Å². The summed E-state index contributed by atoms with van der Waals surface area (Å²) in [4.78, 5) is 14.9. The molecule has 140 valence electrons. The molecule has 1 aliphatic heterocycles. The summed E-state index contributed by atoms with van der Waals surface area (Å²) in [6.45, 7) is 2.56. The Labute approximate surface area is 151 Å². The highest BCUT2D eigenvalue weighted by molar-refractivity contribution is 5.80. The Bertz CT molecular complexity index is 726. The number of aliphatic hydroxyl groups is 1. The van der Waals surface area contributed by atoms with Crippen LogP contribution in [0.1, 0.15) is 23.3 Å². The van der Waals surface area contributed by atoms with Gasteiger partial charge in [0, 0.05) is 32.6 Å². The van der Waals surface area contributed by atoms with Crippen LogP contribution in [0.15, 0.2) is 30.5 Å². The number of amides is 1. The van der Waals surface area contributed by atoms with E-state index in [1.165, 1.54) is 4.68 Å². The van der Waals surface area contributed by atoms with Crippen LogP contribution in [-0.2, 0) is 11.2 Å². The fourth-order valence-electron chi connectivity index (χ4n) is 2.95. The molecule has 0 saturated carbocycles. The average molecular weight is 360 g/mol. The summed E-state index contributed by atoms with van der Waals surface area (Å²) in [6, 6.07) is 5.55. The van der Waals surface area contributed by atoms with Gasteiger partial charge < -0.3 is 26.2 Å². The van der Waals surface area contributed by atoms with Gasteiger partial charge >= 0.3 is 0 Å². The van der Waals surface area contributed by atoms with Crippen molar-refractivity contribution >= 4 is 5.91 Å². The lowest BCUT2D eigenvalue weighted by Gasteiger charge is -2.30. The van der Waals surface area contributed by atoms with Gasteiger partial charge in [0.15, 0.2) is 0 Å². The number of carbonyl (C=O) groups excluding carboxylic acids is 1. The van der Waals surface area contributed by atoms with Crippen LogP contribution in [0, 0.1) is 0 Å².